The summed E-state index contributed by atoms with van der Waals surface area (Å²) < 4.78 is 6.92. The molecule has 0 saturated carbocycles. The second-order valence-electron chi connectivity index (χ2n) is 4.59. The average molecular weight is 295 g/mol. The third-order valence-corrected chi connectivity index (χ3v) is 3.26. The Morgan fingerprint density at radius 3 is 2.82 bits per heavy atom. The highest BCUT2D eigenvalue weighted by Gasteiger charge is 2.27. The van der Waals surface area contributed by atoms with Crippen LogP contribution in [0.1, 0.15) is 35.5 Å². The van der Waals surface area contributed by atoms with Gasteiger partial charge in [0.15, 0.2) is 0 Å². The quantitative estimate of drug-likeness (QED) is 0.812. The minimum Gasteiger partial charge on any atom is -0.462 e. The number of rotatable bonds is 4. The standard InChI is InChI=1S/C17H17N3O2/c1-4-8-14-12(11-18)15(17(21)22-5-2)16(20(14)3)13-9-6-7-10-19-13/h4,6-10H,5H2,1-3H3/b8-4-. The third kappa shape index (κ3) is 2.63. The molecule has 0 radical (unpaired) electrons. The lowest BCUT2D eigenvalue weighted by Crippen LogP contribution is -2.08. The molecule has 0 spiro atoms. The van der Waals surface area contributed by atoms with Gasteiger partial charge < -0.3 is 9.30 Å². The van der Waals surface area contributed by atoms with E-state index in [0.717, 1.165) is 0 Å². The molecule has 2 aromatic heterocycles. The number of carbonyl (C=O) groups is 1. The first-order valence-corrected chi connectivity index (χ1v) is 6.99. The van der Waals surface area contributed by atoms with Gasteiger partial charge in [0, 0.05) is 13.2 Å². The third-order valence-electron chi connectivity index (χ3n) is 3.26. The van der Waals surface area contributed by atoms with Crippen molar-refractivity contribution in [3.05, 3.63) is 47.3 Å². The van der Waals surface area contributed by atoms with Gasteiger partial charge in [-0.1, -0.05) is 12.1 Å². The number of nitriles is 1. The van der Waals surface area contributed by atoms with Crippen LogP contribution in [0.3, 0.4) is 0 Å². The Balaban J connectivity index is 2.81. The predicted octanol–water partition coefficient (Wildman–Crippen LogP) is 3.17. The summed E-state index contributed by atoms with van der Waals surface area (Å²) >= 11 is 0. The predicted molar refractivity (Wildman–Crippen MR) is 84.0 cm³/mol. The highest BCUT2D eigenvalue weighted by atomic mass is 16.5. The van der Waals surface area contributed by atoms with Gasteiger partial charge in [0.1, 0.15) is 11.6 Å². The summed E-state index contributed by atoms with van der Waals surface area (Å²) in [5.74, 6) is -0.508. The van der Waals surface area contributed by atoms with Gasteiger partial charge >= 0.3 is 5.97 Å². The van der Waals surface area contributed by atoms with Crippen molar-refractivity contribution in [2.75, 3.05) is 6.61 Å². The van der Waals surface area contributed by atoms with Crippen molar-refractivity contribution in [2.24, 2.45) is 7.05 Å². The average Bonchev–Trinajstić information content (AvgIpc) is 2.81. The van der Waals surface area contributed by atoms with E-state index in [-0.39, 0.29) is 12.2 Å². The van der Waals surface area contributed by atoms with Crippen molar-refractivity contribution in [3.8, 4) is 17.5 Å². The zero-order valence-corrected chi connectivity index (χ0v) is 12.8. The summed E-state index contributed by atoms with van der Waals surface area (Å²) in [5.41, 5.74) is 2.44. The van der Waals surface area contributed by atoms with Gasteiger partial charge in [-0.05, 0) is 32.1 Å². The highest BCUT2D eigenvalue weighted by Crippen LogP contribution is 2.31. The van der Waals surface area contributed by atoms with Crippen molar-refractivity contribution < 1.29 is 9.53 Å². The molecule has 0 saturated heterocycles. The van der Waals surface area contributed by atoms with Gasteiger partial charge in [0.25, 0.3) is 0 Å². The molecule has 2 heterocycles. The normalized spacial score (nSPS) is 10.6. The molecule has 0 aliphatic heterocycles. The molecule has 0 amide bonds. The molecule has 5 nitrogen and oxygen atoms in total. The van der Waals surface area contributed by atoms with Crippen LogP contribution in [0.25, 0.3) is 17.5 Å². The molecular formula is C17H17N3O2. The van der Waals surface area contributed by atoms with E-state index in [9.17, 15) is 10.1 Å². The van der Waals surface area contributed by atoms with Crippen molar-refractivity contribution in [1.82, 2.24) is 9.55 Å². The van der Waals surface area contributed by atoms with Crippen LogP contribution in [0.4, 0.5) is 0 Å². The zero-order valence-electron chi connectivity index (χ0n) is 12.8. The molecule has 0 N–H and O–H groups in total. The van der Waals surface area contributed by atoms with Gasteiger partial charge in [0.05, 0.1) is 29.3 Å². The minimum atomic E-state index is -0.508. The van der Waals surface area contributed by atoms with Crippen molar-refractivity contribution in [2.45, 2.75) is 13.8 Å². The van der Waals surface area contributed by atoms with E-state index in [1.54, 1.807) is 35.9 Å². The van der Waals surface area contributed by atoms with Crippen LogP contribution in [0, 0.1) is 11.3 Å². The summed E-state index contributed by atoms with van der Waals surface area (Å²) in [4.78, 5) is 16.6. The van der Waals surface area contributed by atoms with Gasteiger partial charge in [-0.15, -0.1) is 0 Å². The Hall–Kier alpha value is -2.87. The second kappa shape index (κ2) is 6.72. The molecule has 2 rings (SSSR count). The van der Waals surface area contributed by atoms with Crippen LogP contribution in [-0.2, 0) is 11.8 Å². The molecular weight excluding hydrogens is 278 g/mol. The molecule has 5 heteroatoms. The lowest BCUT2D eigenvalue weighted by atomic mass is 10.1. The van der Waals surface area contributed by atoms with Crippen LogP contribution < -0.4 is 0 Å². The summed E-state index contributed by atoms with van der Waals surface area (Å²) in [7, 11) is 1.81. The van der Waals surface area contributed by atoms with Crippen molar-refractivity contribution >= 4 is 12.0 Å². The fraction of sp³-hybridized carbons (Fsp3) is 0.235. The van der Waals surface area contributed by atoms with Crippen LogP contribution in [0.5, 0.6) is 0 Å². The van der Waals surface area contributed by atoms with E-state index < -0.39 is 5.97 Å². The van der Waals surface area contributed by atoms with Gasteiger partial charge in [0.2, 0.25) is 0 Å². The number of nitrogens with zero attached hydrogens (tertiary/aromatic N) is 3. The van der Waals surface area contributed by atoms with E-state index >= 15 is 0 Å². The largest absolute Gasteiger partial charge is 0.462 e. The molecule has 22 heavy (non-hydrogen) atoms. The van der Waals surface area contributed by atoms with E-state index in [0.29, 0.717) is 22.6 Å². The number of allylic oxidation sites excluding steroid dienone is 1. The molecule has 0 unspecified atom stereocenters. The van der Waals surface area contributed by atoms with Gasteiger partial charge in [-0.25, -0.2) is 4.79 Å². The van der Waals surface area contributed by atoms with E-state index in [2.05, 4.69) is 11.1 Å². The number of ether oxygens (including phenoxy) is 1. The smallest absolute Gasteiger partial charge is 0.341 e. The summed E-state index contributed by atoms with van der Waals surface area (Å²) in [6, 6.07) is 7.56. The fourth-order valence-electron chi connectivity index (χ4n) is 2.37. The molecule has 0 aromatic carbocycles. The van der Waals surface area contributed by atoms with Crippen LogP contribution in [0.15, 0.2) is 30.5 Å². The monoisotopic (exact) mass is 295 g/mol. The molecule has 0 fully saturated rings. The fourth-order valence-corrected chi connectivity index (χ4v) is 2.37. The Labute approximate surface area is 129 Å². The number of pyridine rings is 1. The van der Waals surface area contributed by atoms with E-state index in [1.807, 2.05) is 26.1 Å². The Kier molecular flexibility index (Phi) is 4.74. The number of carbonyl (C=O) groups excluding carboxylic acids is 1. The SMILES string of the molecule is C/C=C\c1c(C#N)c(C(=O)OCC)c(-c2ccccn2)n1C. The van der Waals surface area contributed by atoms with E-state index in [4.69, 9.17) is 4.74 Å². The van der Waals surface area contributed by atoms with Gasteiger partial charge in [-0.3, -0.25) is 4.98 Å². The molecule has 112 valence electrons. The maximum atomic E-state index is 12.3. The lowest BCUT2D eigenvalue weighted by molar-refractivity contribution is 0.0527. The van der Waals surface area contributed by atoms with Crippen molar-refractivity contribution in [1.29, 1.82) is 5.26 Å². The van der Waals surface area contributed by atoms with Crippen LogP contribution >= 0.6 is 0 Å². The maximum Gasteiger partial charge on any atom is 0.341 e. The Bertz CT molecular complexity index is 752. The van der Waals surface area contributed by atoms with Crippen molar-refractivity contribution in [3.63, 3.8) is 0 Å². The molecule has 0 aliphatic carbocycles. The number of hydrogen-bond donors (Lipinski definition) is 0. The summed E-state index contributed by atoms with van der Waals surface area (Å²) in [6.07, 6.45) is 5.28. The zero-order chi connectivity index (χ0) is 16.1. The lowest BCUT2D eigenvalue weighted by Gasteiger charge is -2.07. The highest BCUT2D eigenvalue weighted by molar-refractivity contribution is 6.00. The first-order valence-electron chi connectivity index (χ1n) is 6.99. The van der Waals surface area contributed by atoms with E-state index in [1.165, 1.54) is 0 Å². The second-order valence-corrected chi connectivity index (χ2v) is 4.59. The first-order chi connectivity index (χ1) is 10.7. The number of hydrogen-bond acceptors (Lipinski definition) is 4. The number of esters is 1. The topological polar surface area (TPSA) is 67.9 Å². The van der Waals surface area contributed by atoms with Crippen LogP contribution in [-0.4, -0.2) is 22.1 Å². The maximum absolute atomic E-state index is 12.3. The Morgan fingerprint density at radius 2 is 2.27 bits per heavy atom. The summed E-state index contributed by atoms with van der Waals surface area (Å²) in [5, 5.41) is 9.50. The molecule has 0 atom stereocenters. The van der Waals surface area contributed by atoms with Gasteiger partial charge in [-0.2, -0.15) is 5.26 Å². The molecule has 0 bridgehead atoms. The summed E-state index contributed by atoms with van der Waals surface area (Å²) in [6.45, 7) is 3.85. The van der Waals surface area contributed by atoms with Crippen LogP contribution in [0.2, 0.25) is 0 Å². The molecule has 0 aliphatic rings. The Morgan fingerprint density at radius 1 is 1.50 bits per heavy atom. The molecule has 2 aromatic rings. The minimum absolute atomic E-state index is 0.249. The number of aromatic nitrogens is 2. The first kappa shape index (κ1) is 15.5.